The van der Waals surface area contributed by atoms with Crippen LogP contribution in [0, 0.1) is 13.8 Å². The average molecular weight is 273 g/mol. The standard InChI is InChI=1S/C14H15N3O3/c1-8-4-5-10(6-11(8)14(18)19)17-12-7-13(20-3)16-9(2)15-12/h4-7H,1-3H3,(H,18,19)(H,15,16,17). The summed E-state index contributed by atoms with van der Waals surface area (Å²) in [5.41, 5.74) is 1.61. The van der Waals surface area contributed by atoms with Gasteiger partial charge in [0.05, 0.1) is 12.7 Å². The Bertz CT molecular complexity index is 656. The minimum absolute atomic E-state index is 0.257. The zero-order valence-corrected chi connectivity index (χ0v) is 11.5. The molecule has 2 aromatic rings. The summed E-state index contributed by atoms with van der Waals surface area (Å²) >= 11 is 0. The highest BCUT2D eigenvalue weighted by atomic mass is 16.5. The largest absolute Gasteiger partial charge is 0.481 e. The van der Waals surface area contributed by atoms with E-state index in [1.54, 1.807) is 38.1 Å². The summed E-state index contributed by atoms with van der Waals surface area (Å²) in [4.78, 5) is 19.4. The Morgan fingerprint density at radius 3 is 2.65 bits per heavy atom. The summed E-state index contributed by atoms with van der Waals surface area (Å²) in [5.74, 6) is 0.611. The number of hydrogen-bond acceptors (Lipinski definition) is 5. The first kappa shape index (κ1) is 13.8. The number of nitrogens with zero attached hydrogens (tertiary/aromatic N) is 2. The van der Waals surface area contributed by atoms with Gasteiger partial charge in [-0.25, -0.2) is 9.78 Å². The number of rotatable bonds is 4. The van der Waals surface area contributed by atoms with Crippen molar-refractivity contribution >= 4 is 17.5 Å². The number of benzene rings is 1. The predicted octanol–water partition coefficient (Wildman–Crippen LogP) is 2.54. The Hall–Kier alpha value is -2.63. The number of hydrogen-bond donors (Lipinski definition) is 2. The average Bonchev–Trinajstić information content (AvgIpc) is 2.40. The van der Waals surface area contributed by atoms with E-state index in [0.717, 1.165) is 0 Å². The lowest BCUT2D eigenvalue weighted by molar-refractivity contribution is 0.0696. The van der Waals surface area contributed by atoms with Gasteiger partial charge in [0.1, 0.15) is 11.6 Å². The number of aromatic nitrogens is 2. The van der Waals surface area contributed by atoms with Crippen molar-refractivity contribution in [3.8, 4) is 5.88 Å². The van der Waals surface area contributed by atoms with Crippen LogP contribution in [-0.4, -0.2) is 28.2 Å². The molecule has 0 aliphatic carbocycles. The first-order valence-electron chi connectivity index (χ1n) is 6.00. The van der Waals surface area contributed by atoms with Crippen molar-refractivity contribution in [3.63, 3.8) is 0 Å². The van der Waals surface area contributed by atoms with Gasteiger partial charge >= 0.3 is 5.97 Å². The molecule has 0 atom stereocenters. The zero-order valence-electron chi connectivity index (χ0n) is 11.5. The molecule has 0 bridgehead atoms. The first-order valence-corrected chi connectivity index (χ1v) is 6.00. The summed E-state index contributed by atoms with van der Waals surface area (Å²) < 4.78 is 5.07. The number of aryl methyl sites for hydroxylation is 2. The molecule has 0 aliphatic heterocycles. The molecule has 104 valence electrons. The summed E-state index contributed by atoms with van der Waals surface area (Å²) in [7, 11) is 1.53. The van der Waals surface area contributed by atoms with Crippen LogP contribution >= 0.6 is 0 Å². The second-order valence-electron chi connectivity index (χ2n) is 4.30. The number of carbonyl (C=O) groups is 1. The van der Waals surface area contributed by atoms with Crippen LogP contribution < -0.4 is 10.1 Å². The van der Waals surface area contributed by atoms with Gasteiger partial charge in [-0.05, 0) is 31.5 Å². The Morgan fingerprint density at radius 1 is 1.25 bits per heavy atom. The van der Waals surface area contributed by atoms with Crippen molar-refractivity contribution in [1.29, 1.82) is 0 Å². The van der Waals surface area contributed by atoms with Gasteiger partial charge in [0.2, 0.25) is 5.88 Å². The van der Waals surface area contributed by atoms with Crippen LogP contribution in [0.1, 0.15) is 21.7 Å². The molecule has 0 aliphatic rings. The smallest absolute Gasteiger partial charge is 0.336 e. The number of anilines is 2. The molecular formula is C14H15N3O3. The second-order valence-corrected chi connectivity index (χ2v) is 4.30. The first-order chi connectivity index (χ1) is 9.49. The number of nitrogens with one attached hydrogen (secondary N) is 1. The summed E-state index contributed by atoms with van der Waals surface area (Å²) in [6.45, 7) is 3.51. The lowest BCUT2D eigenvalue weighted by Crippen LogP contribution is -2.03. The fourth-order valence-electron chi connectivity index (χ4n) is 1.79. The van der Waals surface area contributed by atoms with Gasteiger partial charge in [0.15, 0.2) is 0 Å². The maximum atomic E-state index is 11.1. The van der Waals surface area contributed by atoms with Crippen LogP contribution in [0.2, 0.25) is 0 Å². The normalized spacial score (nSPS) is 10.2. The molecule has 6 heteroatoms. The van der Waals surface area contributed by atoms with E-state index in [-0.39, 0.29) is 5.56 Å². The van der Waals surface area contributed by atoms with Crippen LogP contribution in [0.25, 0.3) is 0 Å². The molecule has 0 amide bonds. The minimum Gasteiger partial charge on any atom is -0.481 e. The number of carboxylic acid groups (broad SMARTS) is 1. The molecule has 1 aromatic carbocycles. The fourth-order valence-corrected chi connectivity index (χ4v) is 1.79. The molecule has 20 heavy (non-hydrogen) atoms. The van der Waals surface area contributed by atoms with E-state index < -0.39 is 5.97 Å². The Labute approximate surface area is 116 Å². The van der Waals surface area contributed by atoms with Crippen LogP contribution in [0.4, 0.5) is 11.5 Å². The van der Waals surface area contributed by atoms with Crippen LogP contribution in [-0.2, 0) is 0 Å². The molecule has 2 N–H and O–H groups in total. The molecule has 1 heterocycles. The highest BCUT2D eigenvalue weighted by Crippen LogP contribution is 2.21. The summed E-state index contributed by atoms with van der Waals surface area (Å²) in [6, 6.07) is 6.76. The molecule has 2 rings (SSSR count). The van der Waals surface area contributed by atoms with E-state index in [1.807, 2.05) is 0 Å². The van der Waals surface area contributed by atoms with E-state index in [9.17, 15) is 4.79 Å². The van der Waals surface area contributed by atoms with E-state index in [2.05, 4.69) is 15.3 Å². The second kappa shape index (κ2) is 5.56. The Balaban J connectivity index is 2.32. The predicted molar refractivity (Wildman–Crippen MR) is 74.7 cm³/mol. The fraction of sp³-hybridized carbons (Fsp3) is 0.214. The SMILES string of the molecule is COc1cc(Nc2ccc(C)c(C(=O)O)c2)nc(C)n1. The highest BCUT2D eigenvalue weighted by molar-refractivity contribution is 5.90. The Morgan fingerprint density at radius 2 is 2.00 bits per heavy atom. The van der Waals surface area contributed by atoms with Crippen molar-refractivity contribution in [3.05, 3.63) is 41.2 Å². The summed E-state index contributed by atoms with van der Waals surface area (Å²) in [5, 5.41) is 12.2. The number of aromatic carboxylic acids is 1. The topological polar surface area (TPSA) is 84.3 Å². The van der Waals surface area contributed by atoms with Crippen LogP contribution in [0.3, 0.4) is 0 Å². The minimum atomic E-state index is -0.956. The van der Waals surface area contributed by atoms with Crippen molar-refractivity contribution < 1.29 is 14.6 Å². The molecular weight excluding hydrogens is 258 g/mol. The zero-order chi connectivity index (χ0) is 14.7. The van der Waals surface area contributed by atoms with Gasteiger partial charge in [-0.1, -0.05) is 6.07 Å². The quantitative estimate of drug-likeness (QED) is 0.890. The lowest BCUT2D eigenvalue weighted by Gasteiger charge is -2.09. The van der Waals surface area contributed by atoms with E-state index in [1.165, 1.54) is 7.11 Å². The Kier molecular flexibility index (Phi) is 3.84. The lowest BCUT2D eigenvalue weighted by atomic mass is 10.1. The van der Waals surface area contributed by atoms with Gasteiger partial charge < -0.3 is 15.2 Å². The van der Waals surface area contributed by atoms with Gasteiger partial charge in [-0.3, -0.25) is 0 Å². The van der Waals surface area contributed by atoms with Gasteiger partial charge in [-0.15, -0.1) is 0 Å². The number of ether oxygens (including phenoxy) is 1. The number of carboxylic acids is 1. The molecule has 0 saturated carbocycles. The van der Waals surface area contributed by atoms with Gasteiger partial charge in [0, 0.05) is 11.8 Å². The molecule has 0 spiro atoms. The van der Waals surface area contributed by atoms with Gasteiger partial charge in [0.25, 0.3) is 0 Å². The summed E-state index contributed by atoms with van der Waals surface area (Å²) in [6.07, 6.45) is 0. The van der Waals surface area contributed by atoms with Crippen molar-refractivity contribution in [2.24, 2.45) is 0 Å². The van der Waals surface area contributed by atoms with E-state index in [0.29, 0.717) is 28.8 Å². The molecule has 0 radical (unpaired) electrons. The highest BCUT2D eigenvalue weighted by Gasteiger charge is 2.09. The monoisotopic (exact) mass is 273 g/mol. The van der Waals surface area contributed by atoms with Crippen molar-refractivity contribution in [2.45, 2.75) is 13.8 Å². The molecule has 6 nitrogen and oxygen atoms in total. The maximum absolute atomic E-state index is 11.1. The molecule has 1 aromatic heterocycles. The van der Waals surface area contributed by atoms with E-state index in [4.69, 9.17) is 9.84 Å². The van der Waals surface area contributed by atoms with E-state index >= 15 is 0 Å². The molecule has 0 saturated heterocycles. The van der Waals surface area contributed by atoms with Crippen LogP contribution in [0.5, 0.6) is 5.88 Å². The van der Waals surface area contributed by atoms with Crippen molar-refractivity contribution in [1.82, 2.24) is 9.97 Å². The molecule has 0 unspecified atom stereocenters. The van der Waals surface area contributed by atoms with Gasteiger partial charge in [-0.2, -0.15) is 4.98 Å². The molecule has 0 fully saturated rings. The maximum Gasteiger partial charge on any atom is 0.336 e. The number of methoxy groups -OCH3 is 1. The third-order valence-corrected chi connectivity index (χ3v) is 2.76. The van der Waals surface area contributed by atoms with Crippen LogP contribution in [0.15, 0.2) is 24.3 Å². The third-order valence-electron chi connectivity index (χ3n) is 2.76. The third kappa shape index (κ3) is 3.03. The van der Waals surface area contributed by atoms with Crippen molar-refractivity contribution in [2.75, 3.05) is 12.4 Å².